The van der Waals surface area contributed by atoms with Crippen molar-refractivity contribution in [2.24, 2.45) is 0 Å². The minimum Gasteiger partial charge on any atom is -0.506 e. The van der Waals surface area contributed by atoms with Crippen molar-refractivity contribution in [1.29, 1.82) is 0 Å². The summed E-state index contributed by atoms with van der Waals surface area (Å²) in [6.45, 7) is 1.83. The normalized spacial score (nSPS) is 11.2. The third-order valence-corrected chi connectivity index (χ3v) is 4.10. The molecular weight excluding hydrogens is 276 g/mol. The van der Waals surface area contributed by atoms with Crippen molar-refractivity contribution >= 4 is 15.7 Å². The number of aromatic nitrogens is 1. The van der Waals surface area contributed by atoms with Crippen LogP contribution >= 0.6 is 0 Å². The fraction of sp³-hybridized carbons (Fsp3) is 0.214. The van der Waals surface area contributed by atoms with Gasteiger partial charge in [-0.3, -0.25) is 9.71 Å². The van der Waals surface area contributed by atoms with Gasteiger partial charge in [0.05, 0.1) is 11.4 Å². The van der Waals surface area contributed by atoms with Gasteiger partial charge in [0.2, 0.25) is 10.0 Å². The summed E-state index contributed by atoms with van der Waals surface area (Å²) < 4.78 is 26.4. The second-order valence-corrected chi connectivity index (χ2v) is 6.39. The molecule has 0 atom stereocenters. The van der Waals surface area contributed by atoms with E-state index < -0.39 is 10.0 Å². The van der Waals surface area contributed by atoms with Crippen LogP contribution in [-0.4, -0.2) is 24.3 Å². The third kappa shape index (κ3) is 3.96. The molecule has 0 radical (unpaired) electrons. The van der Waals surface area contributed by atoms with Gasteiger partial charge in [-0.05, 0) is 48.7 Å². The van der Waals surface area contributed by atoms with Crippen molar-refractivity contribution in [3.8, 4) is 5.75 Å². The van der Waals surface area contributed by atoms with E-state index in [0.29, 0.717) is 6.42 Å². The Bertz CT molecular complexity index is 685. The van der Waals surface area contributed by atoms with Crippen LogP contribution in [0.15, 0.2) is 42.7 Å². The molecule has 20 heavy (non-hydrogen) atoms. The van der Waals surface area contributed by atoms with E-state index in [1.165, 1.54) is 6.07 Å². The Morgan fingerprint density at radius 1 is 1.20 bits per heavy atom. The highest BCUT2D eigenvalue weighted by atomic mass is 32.2. The van der Waals surface area contributed by atoms with E-state index >= 15 is 0 Å². The molecule has 2 rings (SSSR count). The molecule has 1 aromatic heterocycles. The zero-order valence-electron chi connectivity index (χ0n) is 11.1. The highest BCUT2D eigenvalue weighted by Gasteiger charge is 2.13. The molecule has 5 nitrogen and oxygen atoms in total. The van der Waals surface area contributed by atoms with Crippen LogP contribution in [0.2, 0.25) is 0 Å². The number of nitrogens with one attached hydrogen (secondary N) is 1. The van der Waals surface area contributed by atoms with E-state index in [1.807, 2.05) is 6.92 Å². The van der Waals surface area contributed by atoms with Gasteiger partial charge in [0.25, 0.3) is 0 Å². The molecule has 2 N–H and O–H groups in total. The Labute approximate surface area is 118 Å². The summed E-state index contributed by atoms with van der Waals surface area (Å²) >= 11 is 0. The lowest BCUT2D eigenvalue weighted by Crippen LogP contribution is -2.18. The lowest BCUT2D eigenvalue weighted by Gasteiger charge is -2.10. The average molecular weight is 292 g/mol. The van der Waals surface area contributed by atoms with Crippen molar-refractivity contribution in [1.82, 2.24) is 4.98 Å². The van der Waals surface area contributed by atoms with E-state index in [1.54, 1.807) is 36.7 Å². The van der Waals surface area contributed by atoms with Gasteiger partial charge in [-0.25, -0.2) is 8.42 Å². The molecule has 1 heterocycles. The van der Waals surface area contributed by atoms with Gasteiger partial charge in [0.1, 0.15) is 5.75 Å². The molecule has 0 saturated heterocycles. The molecule has 0 aliphatic rings. The molecule has 1 aromatic carbocycles. The monoisotopic (exact) mass is 292 g/mol. The lowest BCUT2D eigenvalue weighted by molar-refractivity contribution is 0.477. The van der Waals surface area contributed by atoms with E-state index in [4.69, 9.17) is 0 Å². The average Bonchev–Trinajstić information content (AvgIpc) is 2.42. The number of aryl methyl sites for hydroxylation is 2. The smallest absolute Gasteiger partial charge is 0.233 e. The SMILES string of the molecule is Cc1ccc(O)c(NS(=O)(=O)CCc2ccncc2)c1. The van der Waals surface area contributed by atoms with Crippen LogP contribution in [0.25, 0.3) is 0 Å². The number of aromatic hydroxyl groups is 1. The van der Waals surface area contributed by atoms with Crippen LogP contribution < -0.4 is 4.72 Å². The van der Waals surface area contributed by atoms with Crippen LogP contribution in [0.3, 0.4) is 0 Å². The van der Waals surface area contributed by atoms with E-state index in [0.717, 1.165) is 11.1 Å². The van der Waals surface area contributed by atoms with Crippen LogP contribution in [0.1, 0.15) is 11.1 Å². The summed E-state index contributed by atoms with van der Waals surface area (Å²) in [4.78, 5) is 3.88. The number of sulfonamides is 1. The quantitative estimate of drug-likeness (QED) is 0.827. The summed E-state index contributed by atoms with van der Waals surface area (Å²) in [6, 6.07) is 8.33. The Balaban J connectivity index is 2.06. The molecule has 6 heteroatoms. The minimum atomic E-state index is -3.50. The summed E-state index contributed by atoms with van der Waals surface area (Å²) in [5, 5.41) is 9.65. The van der Waals surface area contributed by atoms with Crippen LogP contribution in [0.4, 0.5) is 5.69 Å². The second-order valence-electron chi connectivity index (χ2n) is 4.55. The topological polar surface area (TPSA) is 79.3 Å². The van der Waals surface area contributed by atoms with E-state index in [9.17, 15) is 13.5 Å². The number of pyridine rings is 1. The van der Waals surface area contributed by atoms with Crippen molar-refractivity contribution in [2.75, 3.05) is 10.5 Å². The predicted molar refractivity (Wildman–Crippen MR) is 78.2 cm³/mol. The Hall–Kier alpha value is -2.08. The Kier molecular flexibility index (Phi) is 4.24. The zero-order chi connectivity index (χ0) is 14.6. The summed E-state index contributed by atoms with van der Waals surface area (Å²) in [5.74, 6) is -0.132. The number of anilines is 1. The fourth-order valence-corrected chi connectivity index (χ4v) is 2.86. The van der Waals surface area contributed by atoms with Gasteiger partial charge >= 0.3 is 0 Å². The first-order valence-electron chi connectivity index (χ1n) is 6.15. The lowest BCUT2D eigenvalue weighted by atomic mass is 10.2. The fourth-order valence-electron chi connectivity index (χ4n) is 1.75. The number of nitrogens with zero attached hydrogens (tertiary/aromatic N) is 1. The first-order valence-corrected chi connectivity index (χ1v) is 7.80. The van der Waals surface area contributed by atoms with Crippen molar-refractivity contribution in [2.45, 2.75) is 13.3 Å². The molecule has 0 saturated carbocycles. The largest absolute Gasteiger partial charge is 0.506 e. The minimum absolute atomic E-state index is 0.0512. The number of hydrogen-bond donors (Lipinski definition) is 2. The van der Waals surface area contributed by atoms with Gasteiger partial charge < -0.3 is 5.11 Å². The van der Waals surface area contributed by atoms with Gasteiger partial charge in [-0.2, -0.15) is 0 Å². The van der Waals surface area contributed by atoms with Crippen LogP contribution in [0, 0.1) is 6.92 Å². The standard InChI is InChI=1S/C14H16N2O3S/c1-11-2-3-14(17)13(10-11)16-20(18,19)9-6-12-4-7-15-8-5-12/h2-5,7-8,10,16-17H,6,9H2,1H3. The summed E-state index contributed by atoms with van der Waals surface area (Å²) in [6.07, 6.45) is 3.65. The number of phenols is 1. The van der Waals surface area contributed by atoms with E-state index in [-0.39, 0.29) is 17.2 Å². The van der Waals surface area contributed by atoms with E-state index in [2.05, 4.69) is 9.71 Å². The highest BCUT2D eigenvalue weighted by Crippen LogP contribution is 2.25. The Morgan fingerprint density at radius 3 is 2.60 bits per heavy atom. The highest BCUT2D eigenvalue weighted by molar-refractivity contribution is 7.92. The molecule has 0 aliphatic carbocycles. The maximum atomic E-state index is 12.0. The number of benzene rings is 1. The molecule has 0 fully saturated rings. The first-order chi connectivity index (χ1) is 9.46. The van der Waals surface area contributed by atoms with Crippen molar-refractivity contribution in [3.05, 3.63) is 53.9 Å². The predicted octanol–water partition coefficient (Wildman–Crippen LogP) is 2.08. The summed E-state index contributed by atoms with van der Waals surface area (Å²) in [7, 11) is -3.50. The molecule has 0 amide bonds. The second kappa shape index (κ2) is 5.92. The molecule has 0 spiro atoms. The summed E-state index contributed by atoms with van der Waals surface area (Å²) in [5.41, 5.74) is 1.98. The van der Waals surface area contributed by atoms with Gasteiger partial charge in [-0.1, -0.05) is 6.07 Å². The Morgan fingerprint density at radius 2 is 1.90 bits per heavy atom. The van der Waals surface area contributed by atoms with Crippen molar-refractivity contribution < 1.29 is 13.5 Å². The van der Waals surface area contributed by atoms with Gasteiger partial charge in [0, 0.05) is 12.4 Å². The number of rotatable bonds is 5. The van der Waals surface area contributed by atoms with Crippen LogP contribution in [0.5, 0.6) is 5.75 Å². The molecule has 0 aliphatic heterocycles. The van der Waals surface area contributed by atoms with Gasteiger partial charge in [0.15, 0.2) is 0 Å². The maximum Gasteiger partial charge on any atom is 0.233 e. The van der Waals surface area contributed by atoms with Crippen molar-refractivity contribution in [3.63, 3.8) is 0 Å². The molecule has 106 valence electrons. The molecular formula is C14H16N2O3S. The molecule has 0 unspecified atom stereocenters. The van der Waals surface area contributed by atoms with Gasteiger partial charge in [-0.15, -0.1) is 0 Å². The first kappa shape index (κ1) is 14.3. The zero-order valence-corrected chi connectivity index (χ0v) is 11.9. The number of phenolic OH excluding ortho intramolecular Hbond substituents is 1. The molecule has 0 bridgehead atoms. The maximum absolute atomic E-state index is 12.0. The molecule has 2 aromatic rings. The number of hydrogen-bond acceptors (Lipinski definition) is 4. The van der Waals surface area contributed by atoms with Crippen LogP contribution in [-0.2, 0) is 16.4 Å². The third-order valence-electron chi connectivity index (χ3n) is 2.83.